The van der Waals surface area contributed by atoms with Crippen LogP contribution in [0.3, 0.4) is 0 Å². The lowest BCUT2D eigenvalue weighted by Crippen LogP contribution is -2.21. The molecule has 2 N–H and O–H groups in total. The van der Waals surface area contributed by atoms with Crippen LogP contribution in [0.5, 0.6) is 0 Å². The molecule has 0 saturated carbocycles. The molecule has 0 aliphatic heterocycles. The van der Waals surface area contributed by atoms with Gasteiger partial charge in [-0.1, -0.05) is 59.7 Å². The minimum Gasteiger partial charge on any atom is -0.481 e. The van der Waals surface area contributed by atoms with Crippen LogP contribution in [-0.2, 0) is 9.59 Å². The zero-order valence-corrected chi connectivity index (χ0v) is 17.7. The molecular weight excluding hydrogens is 340 g/mol. The van der Waals surface area contributed by atoms with Crippen molar-refractivity contribution < 1.29 is 19.8 Å². The van der Waals surface area contributed by atoms with Gasteiger partial charge < -0.3 is 10.2 Å². The highest BCUT2D eigenvalue weighted by Crippen LogP contribution is 2.38. The van der Waals surface area contributed by atoms with Crippen LogP contribution in [0, 0.1) is 11.8 Å². The molecule has 4 heteroatoms. The number of carboxylic acid groups (broad SMARTS) is 2. The van der Waals surface area contributed by atoms with Crippen molar-refractivity contribution in [2.75, 3.05) is 0 Å². The normalized spacial score (nSPS) is 14.0. The Morgan fingerprint density at radius 1 is 0.741 bits per heavy atom. The topological polar surface area (TPSA) is 74.6 Å². The van der Waals surface area contributed by atoms with Crippen molar-refractivity contribution in [3.8, 4) is 0 Å². The molecule has 0 spiro atoms. The van der Waals surface area contributed by atoms with Crippen molar-refractivity contribution in [1.29, 1.82) is 0 Å². The average Bonchev–Trinajstić information content (AvgIpc) is 2.54. The van der Waals surface area contributed by atoms with Gasteiger partial charge in [0.2, 0.25) is 0 Å². The van der Waals surface area contributed by atoms with E-state index in [9.17, 15) is 19.8 Å². The summed E-state index contributed by atoms with van der Waals surface area (Å²) >= 11 is 0. The van der Waals surface area contributed by atoms with Gasteiger partial charge in [-0.15, -0.1) is 0 Å². The van der Waals surface area contributed by atoms with E-state index in [0.717, 1.165) is 24.0 Å². The van der Waals surface area contributed by atoms with E-state index in [1.807, 2.05) is 32.0 Å². The Hall–Kier alpha value is -1.84. The number of benzene rings is 1. The lowest BCUT2D eigenvalue weighted by atomic mass is 9.77. The summed E-state index contributed by atoms with van der Waals surface area (Å²) in [6, 6.07) is 5.66. The molecule has 152 valence electrons. The summed E-state index contributed by atoms with van der Waals surface area (Å²) in [5, 5.41) is 19.8. The molecular formula is C23H36O4. The fourth-order valence-corrected chi connectivity index (χ4v) is 3.61. The average molecular weight is 377 g/mol. The summed E-state index contributed by atoms with van der Waals surface area (Å²) in [6.45, 7) is 12.4. The molecule has 0 radical (unpaired) electrons. The van der Waals surface area contributed by atoms with Crippen molar-refractivity contribution in [2.45, 2.75) is 85.0 Å². The summed E-state index contributed by atoms with van der Waals surface area (Å²) in [7, 11) is 0. The Kier molecular flexibility index (Phi) is 9.01. The number of hydrogen-bond donors (Lipinski definition) is 2. The predicted molar refractivity (Wildman–Crippen MR) is 109 cm³/mol. The molecule has 27 heavy (non-hydrogen) atoms. The first kappa shape index (κ1) is 23.2. The van der Waals surface area contributed by atoms with Crippen LogP contribution in [0.15, 0.2) is 18.2 Å². The fraction of sp³-hybridized carbons (Fsp3) is 0.652. The van der Waals surface area contributed by atoms with E-state index in [-0.39, 0.29) is 5.92 Å². The molecule has 1 aromatic carbocycles. The number of carboxylic acids is 2. The van der Waals surface area contributed by atoms with Crippen molar-refractivity contribution in [1.82, 2.24) is 0 Å². The standard InChI is InChI=1S/C23H36O4/c1-14(2)10-12-19(22(24)25)18-9-7-8-17(16(5)6)21(18)20(23(26)27)13-11-15(3)4/h7-9,14-16,19-20H,10-13H2,1-6H3,(H,24,25)(H,26,27). The monoisotopic (exact) mass is 376 g/mol. The molecule has 1 aromatic rings. The SMILES string of the molecule is CC(C)CCC(C(=O)O)c1cccc(C(C)C)c1C(CCC(C)C)C(=O)O. The molecule has 0 aromatic heterocycles. The molecule has 2 unspecified atom stereocenters. The number of aliphatic carboxylic acids is 2. The third-order valence-electron chi connectivity index (χ3n) is 5.18. The second kappa shape index (κ2) is 10.5. The largest absolute Gasteiger partial charge is 0.481 e. The number of hydrogen-bond acceptors (Lipinski definition) is 2. The molecule has 0 fully saturated rings. The summed E-state index contributed by atoms with van der Waals surface area (Å²) in [4.78, 5) is 24.2. The predicted octanol–water partition coefficient (Wildman–Crippen LogP) is 6.02. The van der Waals surface area contributed by atoms with Crippen LogP contribution in [0.2, 0.25) is 0 Å². The van der Waals surface area contributed by atoms with E-state index in [1.54, 1.807) is 0 Å². The van der Waals surface area contributed by atoms with Crippen LogP contribution >= 0.6 is 0 Å². The highest BCUT2D eigenvalue weighted by molar-refractivity contribution is 5.81. The first-order valence-electron chi connectivity index (χ1n) is 10.1. The maximum atomic E-state index is 12.2. The second-order valence-corrected chi connectivity index (χ2v) is 8.73. The Balaban J connectivity index is 3.52. The van der Waals surface area contributed by atoms with Gasteiger partial charge in [0.05, 0.1) is 11.8 Å². The highest BCUT2D eigenvalue weighted by atomic mass is 16.4. The molecule has 0 aliphatic carbocycles. The van der Waals surface area contributed by atoms with E-state index >= 15 is 0 Å². The molecule has 0 bridgehead atoms. The second-order valence-electron chi connectivity index (χ2n) is 8.73. The van der Waals surface area contributed by atoms with Gasteiger partial charge in [0.1, 0.15) is 0 Å². The fourth-order valence-electron chi connectivity index (χ4n) is 3.61. The summed E-state index contributed by atoms with van der Waals surface area (Å²) < 4.78 is 0. The third-order valence-corrected chi connectivity index (χ3v) is 5.18. The molecule has 0 aliphatic rings. The first-order valence-corrected chi connectivity index (χ1v) is 10.1. The summed E-state index contributed by atoms with van der Waals surface area (Å²) in [5.74, 6) is -2.12. The molecule has 4 nitrogen and oxygen atoms in total. The minimum absolute atomic E-state index is 0.139. The van der Waals surface area contributed by atoms with Gasteiger partial charge in [-0.05, 0) is 60.1 Å². The van der Waals surface area contributed by atoms with Crippen LogP contribution in [0.25, 0.3) is 0 Å². The van der Waals surface area contributed by atoms with E-state index in [2.05, 4.69) is 27.7 Å². The van der Waals surface area contributed by atoms with E-state index in [1.165, 1.54) is 0 Å². The lowest BCUT2D eigenvalue weighted by molar-refractivity contribution is -0.140. The molecule has 0 saturated heterocycles. The van der Waals surface area contributed by atoms with Crippen LogP contribution in [-0.4, -0.2) is 22.2 Å². The molecule has 2 atom stereocenters. The van der Waals surface area contributed by atoms with Crippen molar-refractivity contribution >= 4 is 11.9 Å². The Morgan fingerprint density at radius 2 is 1.19 bits per heavy atom. The van der Waals surface area contributed by atoms with E-state index in [0.29, 0.717) is 30.2 Å². The van der Waals surface area contributed by atoms with E-state index < -0.39 is 23.8 Å². The Morgan fingerprint density at radius 3 is 1.59 bits per heavy atom. The summed E-state index contributed by atoms with van der Waals surface area (Å²) in [6.07, 6.45) is 2.65. The van der Waals surface area contributed by atoms with Gasteiger partial charge in [0.15, 0.2) is 0 Å². The highest BCUT2D eigenvalue weighted by Gasteiger charge is 2.31. The Bertz CT molecular complexity index is 631. The maximum absolute atomic E-state index is 12.2. The van der Waals surface area contributed by atoms with Gasteiger partial charge >= 0.3 is 11.9 Å². The van der Waals surface area contributed by atoms with E-state index in [4.69, 9.17) is 0 Å². The molecule has 1 rings (SSSR count). The first-order chi connectivity index (χ1) is 12.6. The maximum Gasteiger partial charge on any atom is 0.310 e. The van der Waals surface area contributed by atoms with Crippen molar-refractivity contribution in [3.63, 3.8) is 0 Å². The van der Waals surface area contributed by atoms with Gasteiger partial charge in [0.25, 0.3) is 0 Å². The molecule has 0 heterocycles. The zero-order chi connectivity index (χ0) is 20.7. The Labute approximate surface area is 164 Å². The zero-order valence-electron chi connectivity index (χ0n) is 17.7. The van der Waals surface area contributed by atoms with Crippen LogP contribution in [0.4, 0.5) is 0 Å². The lowest BCUT2D eigenvalue weighted by Gasteiger charge is -2.26. The quantitative estimate of drug-likeness (QED) is 0.495. The number of carbonyl (C=O) groups is 2. The minimum atomic E-state index is -0.870. The van der Waals surface area contributed by atoms with Crippen LogP contribution < -0.4 is 0 Å². The van der Waals surface area contributed by atoms with Crippen molar-refractivity contribution in [3.05, 3.63) is 34.9 Å². The van der Waals surface area contributed by atoms with Crippen LogP contribution in [0.1, 0.15) is 102 Å². The van der Waals surface area contributed by atoms with Gasteiger partial charge in [-0.2, -0.15) is 0 Å². The van der Waals surface area contributed by atoms with Gasteiger partial charge in [0, 0.05) is 0 Å². The smallest absolute Gasteiger partial charge is 0.310 e. The summed E-state index contributed by atoms with van der Waals surface area (Å²) in [5.41, 5.74) is 2.38. The van der Waals surface area contributed by atoms with Crippen molar-refractivity contribution in [2.24, 2.45) is 11.8 Å². The van der Waals surface area contributed by atoms with Gasteiger partial charge in [-0.25, -0.2) is 0 Å². The molecule has 0 amide bonds. The van der Waals surface area contributed by atoms with Gasteiger partial charge in [-0.3, -0.25) is 9.59 Å². The number of rotatable bonds is 11. The third kappa shape index (κ3) is 6.67.